The van der Waals surface area contributed by atoms with Crippen molar-refractivity contribution in [2.24, 2.45) is 0 Å². The fourth-order valence-corrected chi connectivity index (χ4v) is 3.55. The summed E-state index contributed by atoms with van der Waals surface area (Å²) in [4.78, 5) is 15.0. The summed E-state index contributed by atoms with van der Waals surface area (Å²) in [6.45, 7) is 3.20. The number of amides is 1. The zero-order chi connectivity index (χ0) is 16.4. The van der Waals surface area contributed by atoms with Crippen molar-refractivity contribution in [1.82, 2.24) is 4.90 Å². The van der Waals surface area contributed by atoms with Gasteiger partial charge in [0.25, 0.3) is 5.91 Å². The van der Waals surface area contributed by atoms with E-state index in [1.54, 1.807) is 6.07 Å². The zero-order valence-corrected chi connectivity index (χ0v) is 13.7. The van der Waals surface area contributed by atoms with Gasteiger partial charge in [0, 0.05) is 18.5 Å². The molecule has 130 valence electrons. The van der Waals surface area contributed by atoms with Crippen molar-refractivity contribution in [2.75, 3.05) is 33.0 Å². The third-order valence-corrected chi connectivity index (χ3v) is 4.77. The molecule has 1 amide bonds. The van der Waals surface area contributed by atoms with Crippen LogP contribution in [-0.2, 0) is 9.47 Å². The van der Waals surface area contributed by atoms with Gasteiger partial charge in [0.1, 0.15) is 0 Å². The first-order valence-electron chi connectivity index (χ1n) is 8.77. The fraction of sp³-hybridized carbons (Fsp3) is 0.611. The fourth-order valence-electron chi connectivity index (χ4n) is 3.55. The van der Waals surface area contributed by atoms with Gasteiger partial charge in [-0.3, -0.25) is 4.79 Å². The number of hydrogen-bond acceptors (Lipinski definition) is 5. The van der Waals surface area contributed by atoms with Crippen molar-refractivity contribution in [3.63, 3.8) is 0 Å². The number of hydrogen-bond donors (Lipinski definition) is 0. The molecule has 4 rings (SSSR count). The maximum Gasteiger partial charge on any atom is 0.254 e. The average molecular weight is 333 g/mol. The second kappa shape index (κ2) is 6.99. The summed E-state index contributed by atoms with van der Waals surface area (Å²) in [6.07, 6.45) is 3.58. The van der Waals surface area contributed by atoms with Crippen LogP contribution in [-0.4, -0.2) is 56.1 Å². The van der Waals surface area contributed by atoms with Crippen LogP contribution in [0.5, 0.6) is 11.5 Å². The van der Waals surface area contributed by atoms with E-state index in [9.17, 15) is 4.79 Å². The summed E-state index contributed by atoms with van der Waals surface area (Å²) < 4.78 is 22.7. The lowest BCUT2D eigenvalue weighted by Crippen LogP contribution is -2.50. The topological polar surface area (TPSA) is 57.2 Å². The minimum absolute atomic E-state index is 0.00875. The van der Waals surface area contributed by atoms with Gasteiger partial charge >= 0.3 is 0 Å². The maximum absolute atomic E-state index is 13.1. The molecular formula is C18H23NO5. The number of nitrogens with zero attached hydrogens (tertiary/aromatic N) is 1. The number of piperidine rings is 1. The van der Waals surface area contributed by atoms with Gasteiger partial charge in [-0.25, -0.2) is 0 Å². The summed E-state index contributed by atoms with van der Waals surface area (Å²) in [6, 6.07) is 5.43. The molecular weight excluding hydrogens is 310 g/mol. The lowest BCUT2D eigenvalue weighted by atomic mass is 10.00. The SMILES string of the molecule is O=C(c1ccc2c(c1)OCCCO2)N1CCCC[C@H]1C1OCCO1. The first kappa shape index (κ1) is 15.7. The average Bonchev–Trinajstić information content (AvgIpc) is 3.06. The third kappa shape index (κ3) is 3.08. The largest absolute Gasteiger partial charge is 0.490 e. The molecule has 0 unspecified atom stereocenters. The summed E-state index contributed by atoms with van der Waals surface area (Å²) in [5.74, 6) is 1.37. The Kier molecular flexibility index (Phi) is 4.58. The van der Waals surface area contributed by atoms with Crippen molar-refractivity contribution >= 4 is 5.91 Å². The molecule has 0 N–H and O–H groups in total. The molecule has 1 atom stereocenters. The molecule has 6 nitrogen and oxygen atoms in total. The van der Waals surface area contributed by atoms with E-state index in [1.807, 2.05) is 17.0 Å². The second-order valence-corrected chi connectivity index (χ2v) is 6.38. The van der Waals surface area contributed by atoms with Crippen LogP contribution in [0.1, 0.15) is 36.0 Å². The van der Waals surface area contributed by atoms with Crippen LogP contribution in [0.4, 0.5) is 0 Å². The monoisotopic (exact) mass is 333 g/mol. The van der Waals surface area contributed by atoms with Gasteiger partial charge in [0.05, 0.1) is 32.5 Å². The Balaban J connectivity index is 1.56. The van der Waals surface area contributed by atoms with Gasteiger partial charge in [0.2, 0.25) is 0 Å². The highest BCUT2D eigenvalue weighted by molar-refractivity contribution is 5.95. The molecule has 2 fully saturated rings. The Morgan fingerprint density at radius 2 is 1.75 bits per heavy atom. The van der Waals surface area contributed by atoms with E-state index in [-0.39, 0.29) is 18.2 Å². The van der Waals surface area contributed by atoms with E-state index in [0.717, 1.165) is 32.2 Å². The first-order chi connectivity index (χ1) is 11.8. The van der Waals surface area contributed by atoms with Crippen LogP contribution < -0.4 is 9.47 Å². The maximum atomic E-state index is 13.1. The Labute approximate surface area is 141 Å². The van der Waals surface area contributed by atoms with Gasteiger partial charge in [-0.1, -0.05) is 0 Å². The minimum Gasteiger partial charge on any atom is -0.490 e. The molecule has 0 radical (unpaired) electrons. The number of carbonyl (C=O) groups is 1. The molecule has 0 spiro atoms. The van der Waals surface area contributed by atoms with Crippen LogP contribution in [0.15, 0.2) is 18.2 Å². The van der Waals surface area contributed by atoms with E-state index in [1.165, 1.54) is 0 Å². The summed E-state index contributed by atoms with van der Waals surface area (Å²) >= 11 is 0. The summed E-state index contributed by atoms with van der Waals surface area (Å²) in [5.41, 5.74) is 0.629. The smallest absolute Gasteiger partial charge is 0.254 e. The zero-order valence-electron chi connectivity index (χ0n) is 13.7. The molecule has 24 heavy (non-hydrogen) atoms. The summed E-state index contributed by atoms with van der Waals surface area (Å²) in [5, 5.41) is 0. The number of carbonyl (C=O) groups excluding carboxylic acids is 1. The van der Waals surface area contributed by atoms with Gasteiger partial charge in [-0.2, -0.15) is 0 Å². The molecule has 6 heteroatoms. The van der Waals surface area contributed by atoms with E-state index in [4.69, 9.17) is 18.9 Å². The van der Waals surface area contributed by atoms with E-state index < -0.39 is 0 Å². The first-order valence-corrected chi connectivity index (χ1v) is 8.77. The molecule has 3 aliphatic rings. The Morgan fingerprint density at radius 3 is 2.58 bits per heavy atom. The standard InChI is InChI=1S/C18H23NO5/c20-17(13-5-6-15-16(12-13)22-9-3-8-21-15)19-7-2-1-4-14(19)18-23-10-11-24-18/h5-6,12,14,18H,1-4,7-11H2/t14-/m0/s1. The van der Waals surface area contributed by atoms with Gasteiger partial charge in [0.15, 0.2) is 17.8 Å². The number of fused-ring (bicyclic) bond motifs is 1. The van der Waals surface area contributed by atoms with Crippen LogP contribution in [0.2, 0.25) is 0 Å². The molecule has 3 heterocycles. The van der Waals surface area contributed by atoms with Crippen molar-refractivity contribution in [3.05, 3.63) is 23.8 Å². The number of likely N-dealkylation sites (tertiary alicyclic amines) is 1. The minimum atomic E-state index is -0.297. The Bertz CT molecular complexity index is 599. The predicted molar refractivity (Wildman–Crippen MR) is 86.4 cm³/mol. The lowest BCUT2D eigenvalue weighted by Gasteiger charge is -2.38. The highest BCUT2D eigenvalue weighted by Gasteiger charge is 2.36. The third-order valence-electron chi connectivity index (χ3n) is 4.77. The van der Waals surface area contributed by atoms with Crippen molar-refractivity contribution in [1.29, 1.82) is 0 Å². The normalized spacial score (nSPS) is 24.7. The molecule has 0 bridgehead atoms. The Morgan fingerprint density at radius 1 is 0.958 bits per heavy atom. The van der Waals surface area contributed by atoms with Crippen LogP contribution in [0.3, 0.4) is 0 Å². The molecule has 3 aliphatic heterocycles. The second-order valence-electron chi connectivity index (χ2n) is 6.38. The molecule has 0 aromatic heterocycles. The molecule has 0 saturated carbocycles. The number of ether oxygens (including phenoxy) is 4. The van der Waals surface area contributed by atoms with E-state index in [2.05, 4.69) is 0 Å². The van der Waals surface area contributed by atoms with Gasteiger partial charge < -0.3 is 23.8 Å². The lowest BCUT2D eigenvalue weighted by molar-refractivity contribution is -0.100. The molecule has 1 aromatic rings. The quantitative estimate of drug-likeness (QED) is 0.830. The molecule has 0 aliphatic carbocycles. The summed E-state index contributed by atoms with van der Waals surface area (Å²) in [7, 11) is 0. The number of rotatable bonds is 2. The number of benzene rings is 1. The predicted octanol–water partition coefficient (Wildman–Crippen LogP) is 2.22. The van der Waals surface area contributed by atoms with Crippen LogP contribution >= 0.6 is 0 Å². The highest BCUT2D eigenvalue weighted by Crippen LogP contribution is 2.32. The van der Waals surface area contributed by atoms with Crippen LogP contribution in [0, 0.1) is 0 Å². The van der Waals surface area contributed by atoms with E-state index in [0.29, 0.717) is 43.5 Å². The molecule has 2 saturated heterocycles. The molecule has 1 aromatic carbocycles. The Hall–Kier alpha value is -1.79. The van der Waals surface area contributed by atoms with Crippen molar-refractivity contribution in [2.45, 2.75) is 38.0 Å². The van der Waals surface area contributed by atoms with Gasteiger partial charge in [-0.15, -0.1) is 0 Å². The highest BCUT2D eigenvalue weighted by atomic mass is 16.7. The van der Waals surface area contributed by atoms with Crippen molar-refractivity contribution in [3.8, 4) is 11.5 Å². The van der Waals surface area contributed by atoms with Crippen LogP contribution in [0.25, 0.3) is 0 Å². The van der Waals surface area contributed by atoms with Gasteiger partial charge in [-0.05, 0) is 37.5 Å². The van der Waals surface area contributed by atoms with E-state index >= 15 is 0 Å². The van der Waals surface area contributed by atoms with Crippen molar-refractivity contribution < 1.29 is 23.7 Å².